The van der Waals surface area contributed by atoms with E-state index in [9.17, 15) is 4.79 Å². The highest BCUT2D eigenvalue weighted by Gasteiger charge is 2.08. The number of carbonyl (C=O) groups is 1. The molecule has 0 saturated heterocycles. The van der Waals surface area contributed by atoms with E-state index in [1.807, 2.05) is 6.07 Å². The van der Waals surface area contributed by atoms with Crippen LogP contribution in [0.25, 0.3) is 11.0 Å². The Kier molecular flexibility index (Phi) is 1.25. The first-order valence-corrected chi connectivity index (χ1v) is 4.06. The summed E-state index contributed by atoms with van der Waals surface area (Å²) in [5, 5.41) is 1.03. The lowest BCUT2D eigenvalue weighted by Gasteiger charge is -1.92. The number of urea groups is 1. The lowest BCUT2D eigenvalue weighted by molar-refractivity contribution is 0.256. The largest absolute Gasteiger partial charge is 0.368 e. The van der Waals surface area contributed by atoms with Gasteiger partial charge in [0.1, 0.15) is 16.2 Å². The van der Waals surface area contributed by atoms with E-state index in [0.29, 0.717) is 16.2 Å². The van der Waals surface area contributed by atoms with Crippen molar-refractivity contribution in [3.05, 3.63) is 35.2 Å². The summed E-state index contributed by atoms with van der Waals surface area (Å²) in [5.74, 6) is 0. The molecular weight excluding hydrogens is 180 g/mol. The predicted molar refractivity (Wildman–Crippen MR) is 47.2 cm³/mol. The molecule has 0 atom stereocenters. The van der Waals surface area contributed by atoms with Crippen LogP contribution in [0.5, 0.6) is 0 Å². The molecule has 0 aromatic carbocycles. The summed E-state index contributed by atoms with van der Waals surface area (Å²) in [6, 6.07) is 3.12. The van der Waals surface area contributed by atoms with Gasteiger partial charge in [-0.25, -0.2) is 4.79 Å². The highest BCUT2D eigenvalue weighted by atomic mass is 16.2. The fourth-order valence-corrected chi connectivity index (χ4v) is 1.41. The van der Waals surface area contributed by atoms with Gasteiger partial charge in [-0.05, 0) is 12.1 Å². The molecule has 3 rings (SSSR count). The molecule has 14 heavy (non-hydrogen) atoms. The summed E-state index contributed by atoms with van der Waals surface area (Å²) < 4.78 is 0. The molecule has 2 aromatic rings. The molecule has 0 unspecified atom stereocenters. The lowest BCUT2D eigenvalue weighted by Crippen LogP contribution is -2.23. The fraction of sp³-hybridized carbons (Fsp3) is 0. The highest BCUT2D eigenvalue weighted by Crippen LogP contribution is 2.00. The molecule has 0 aliphatic carbocycles. The maximum Gasteiger partial charge on any atom is 0.368 e. The molecular formula is C9H4N4O. The average molecular weight is 184 g/mol. The van der Waals surface area contributed by atoms with Crippen LogP contribution in [0.4, 0.5) is 4.79 Å². The number of amides is 2. The van der Waals surface area contributed by atoms with Gasteiger partial charge in [0.2, 0.25) is 0 Å². The standard InChI is InChI=1S/C9H4N4O/c14-9-12-6-4-11-5-2-1-3-10-7(5)8(6)13-9/h1-4H. The van der Waals surface area contributed by atoms with Crippen LogP contribution < -0.4 is 10.7 Å². The Hall–Kier alpha value is -2.17. The maximum atomic E-state index is 11.0. The van der Waals surface area contributed by atoms with Crippen molar-refractivity contribution < 1.29 is 4.79 Å². The second kappa shape index (κ2) is 2.41. The number of rotatable bonds is 0. The van der Waals surface area contributed by atoms with Crippen LogP contribution in [0.2, 0.25) is 0 Å². The van der Waals surface area contributed by atoms with Crippen molar-refractivity contribution in [3.63, 3.8) is 0 Å². The minimum absolute atomic E-state index is 0.486. The van der Waals surface area contributed by atoms with Gasteiger partial charge in [0, 0.05) is 6.20 Å². The molecule has 0 bridgehead atoms. The van der Waals surface area contributed by atoms with Crippen LogP contribution in [-0.4, -0.2) is 16.0 Å². The van der Waals surface area contributed by atoms with E-state index in [0.717, 1.165) is 5.52 Å². The Labute approximate surface area is 77.9 Å². The van der Waals surface area contributed by atoms with Crippen LogP contribution in [0.3, 0.4) is 0 Å². The first kappa shape index (κ1) is 7.25. The van der Waals surface area contributed by atoms with Crippen molar-refractivity contribution in [2.75, 3.05) is 0 Å². The molecule has 5 heteroatoms. The fourth-order valence-electron chi connectivity index (χ4n) is 1.41. The van der Waals surface area contributed by atoms with Gasteiger partial charge in [-0.2, -0.15) is 9.98 Å². The Morgan fingerprint density at radius 1 is 1.14 bits per heavy atom. The van der Waals surface area contributed by atoms with Gasteiger partial charge >= 0.3 is 6.03 Å². The Morgan fingerprint density at radius 2 is 2.07 bits per heavy atom. The summed E-state index contributed by atoms with van der Waals surface area (Å²) in [6.07, 6.45) is 3.18. The van der Waals surface area contributed by atoms with Gasteiger partial charge in [0.25, 0.3) is 0 Å². The van der Waals surface area contributed by atoms with Crippen molar-refractivity contribution >= 4 is 17.1 Å². The number of aromatic nitrogens is 2. The Morgan fingerprint density at radius 3 is 3.00 bits per heavy atom. The molecule has 0 N–H and O–H groups in total. The summed E-state index contributed by atoms with van der Waals surface area (Å²) in [6.45, 7) is 0. The number of nitrogens with zero attached hydrogens (tertiary/aromatic N) is 4. The quantitative estimate of drug-likeness (QED) is 0.578. The Balaban J connectivity index is 2.65. The molecule has 0 radical (unpaired) electrons. The third kappa shape index (κ3) is 0.861. The second-order valence-corrected chi connectivity index (χ2v) is 2.87. The minimum atomic E-state index is -0.486. The first-order chi connectivity index (χ1) is 6.84. The zero-order valence-corrected chi connectivity index (χ0v) is 7.01. The maximum absolute atomic E-state index is 11.0. The topological polar surface area (TPSA) is 67.6 Å². The minimum Gasteiger partial charge on any atom is -0.252 e. The third-order valence-corrected chi connectivity index (χ3v) is 2.00. The summed E-state index contributed by atoms with van der Waals surface area (Å²) in [5.41, 5.74) is 1.35. The molecule has 2 aromatic heterocycles. The van der Waals surface area contributed by atoms with E-state index in [-0.39, 0.29) is 0 Å². The van der Waals surface area contributed by atoms with Crippen LogP contribution in [0.15, 0.2) is 34.5 Å². The van der Waals surface area contributed by atoms with Crippen LogP contribution >= 0.6 is 0 Å². The molecule has 3 heterocycles. The molecule has 5 nitrogen and oxygen atoms in total. The van der Waals surface area contributed by atoms with E-state index >= 15 is 0 Å². The SMILES string of the molecule is O=C1N=c2cnc3cccnc3c2=N1. The molecule has 66 valence electrons. The number of hydrogen-bond donors (Lipinski definition) is 0. The number of pyridine rings is 2. The first-order valence-electron chi connectivity index (χ1n) is 4.06. The van der Waals surface area contributed by atoms with Gasteiger partial charge < -0.3 is 0 Å². The third-order valence-electron chi connectivity index (χ3n) is 2.00. The van der Waals surface area contributed by atoms with E-state index in [2.05, 4.69) is 20.0 Å². The van der Waals surface area contributed by atoms with Crippen molar-refractivity contribution in [1.29, 1.82) is 0 Å². The normalized spacial score (nSPS) is 13.6. The van der Waals surface area contributed by atoms with Crippen LogP contribution in [-0.2, 0) is 0 Å². The molecule has 0 saturated carbocycles. The van der Waals surface area contributed by atoms with Gasteiger partial charge in [-0.15, -0.1) is 0 Å². The predicted octanol–water partition coefficient (Wildman–Crippen LogP) is 0.00260. The molecule has 1 aliphatic rings. The molecule has 0 fully saturated rings. The van der Waals surface area contributed by atoms with E-state index in [1.54, 1.807) is 12.3 Å². The van der Waals surface area contributed by atoms with Gasteiger partial charge in [-0.3, -0.25) is 9.97 Å². The lowest BCUT2D eigenvalue weighted by atomic mass is 10.3. The van der Waals surface area contributed by atoms with Crippen molar-refractivity contribution in [3.8, 4) is 0 Å². The van der Waals surface area contributed by atoms with Crippen LogP contribution in [0, 0.1) is 0 Å². The number of fused-ring (bicyclic) bond motifs is 3. The van der Waals surface area contributed by atoms with Crippen molar-refractivity contribution in [2.24, 2.45) is 9.98 Å². The zero-order valence-electron chi connectivity index (χ0n) is 7.01. The Bertz CT molecular complexity index is 662. The summed E-state index contributed by atoms with van der Waals surface area (Å²) in [4.78, 5) is 26.7. The molecule has 1 aliphatic heterocycles. The molecule has 2 amide bonds. The van der Waals surface area contributed by atoms with Crippen LogP contribution in [0.1, 0.15) is 0 Å². The summed E-state index contributed by atoms with van der Waals surface area (Å²) in [7, 11) is 0. The monoisotopic (exact) mass is 184 g/mol. The highest BCUT2D eigenvalue weighted by molar-refractivity contribution is 5.81. The van der Waals surface area contributed by atoms with E-state index in [4.69, 9.17) is 0 Å². The number of hydrogen-bond acceptors (Lipinski definition) is 3. The number of carbonyl (C=O) groups excluding carboxylic acids is 1. The second-order valence-electron chi connectivity index (χ2n) is 2.87. The average Bonchev–Trinajstić information content (AvgIpc) is 2.59. The smallest absolute Gasteiger partial charge is 0.252 e. The van der Waals surface area contributed by atoms with Crippen molar-refractivity contribution in [2.45, 2.75) is 0 Å². The molecule has 0 spiro atoms. The van der Waals surface area contributed by atoms with Crippen molar-refractivity contribution in [1.82, 2.24) is 9.97 Å². The zero-order chi connectivity index (χ0) is 9.54. The van der Waals surface area contributed by atoms with E-state index < -0.39 is 6.03 Å². The van der Waals surface area contributed by atoms with Gasteiger partial charge in [-0.1, -0.05) is 0 Å². The van der Waals surface area contributed by atoms with Gasteiger partial charge in [0.05, 0.1) is 11.7 Å². The van der Waals surface area contributed by atoms with Gasteiger partial charge in [0.15, 0.2) is 0 Å². The summed E-state index contributed by atoms with van der Waals surface area (Å²) >= 11 is 0. The van der Waals surface area contributed by atoms with E-state index in [1.165, 1.54) is 6.20 Å².